The monoisotopic (exact) mass is 339 g/mol. The molecular weight excluding hydrogens is 328 g/mol. The molecule has 1 aromatic carbocycles. The average Bonchev–Trinajstić information content (AvgIpc) is 2.65. The number of rotatable bonds is 3. The van der Waals surface area contributed by atoms with Gasteiger partial charge in [0.1, 0.15) is 29.1 Å². The molecule has 2 aromatic rings. The first-order valence-electron chi connectivity index (χ1n) is 5.87. The molecule has 3 nitrogen and oxygen atoms in total. The summed E-state index contributed by atoms with van der Waals surface area (Å²) in [5, 5.41) is 11.7. The maximum Gasteiger partial charge on any atom is 0.150 e. The summed E-state index contributed by atoms with van der Waals surface area (Å²) in [7, 11) is 1.78. The molecule has 0 aliphatic heterocycles. The van der Waals surface area contributed by atoms with Crippen molar-refractivity contribution >= 4 is 21.6 Å². The molecule has 0 atom stereocenters. The summed E-state index contributed by atoms with van der Waals surface area (Å²) in [5.74, 6) is -1.32. The van der Waals surface area contributed by atoms with Gasteiger partial charge in [0, 0.05) is 23.8 Å². The smallest absolute Gasteiger partial charge is 0.150 e. The summed E-state index contributed by atoms with van der Waals surface area (Å²) in [4.78, 5) is 0. The van der Waals surface area contributed by atoms with Crippen LogP contribution in [0.3, 0.4) is 0 Å². The SMILES string of the molecule is Cc1c(CNc2c(F)cc(Br)cc2F)cc(C#N)n1C. The summed E-state index contributed by atoms with van der Waals surface area (Å²) in [6, 6.07) is 6.17. The Morgan fingerprint density at radius 1 is 1.30 bits per heavy atom. The zero-order chi connectivity index (χ0) is 14.9. The highest BCUT2D eigenvalue weighted by molar-refractivity contribution is 9.10. The summed E-state index contributed by atoms with van der Waals surface area (Å²) in [5.41, 5.74) is 2.05. The van der Waals surface area contributed by atoms with Crippen LogP contribution in [0.4, 0.5) is 14.5 Å². The Hall–Kier alpha value is -1.87. The number of hydrogen-bond acceptors (Lipinski definition) is 2. The van der Waals surface area contributed by atoms with Gasteiger partial charge in [-0.15, -0.1) is 0 Å². The zero-order valence-electron chi connectivity index (χ0n) is 11.0. The van der Waals surface area contributed by atoms with Gasteiger partial charge in [0.05, 0.1) is 0 Å². The molecule has 20 heavy (non-hydrogen) atoms. The van der Waals surface area contributed by atoms with Crippen LogP contribution < -0.4 is 5.32 Å². The minimum Gasteiger partial charge on any atom is -0.376 e. The van der Waals surface area contributed by atoms with E-state index in [9.17, 15) is 8.78 Å². The van der Waals surface area contributed by atoms with E-state index in [1.807, 2.05) is 6.92 Å². The fourth-order valence-electron chi connectivity index (χ4n) is 1.94. The fourth-order valence-corrected chi connectivity index (χ4v) is 2.35. The van der Waals surface area contributed by atoms with Crippen LogP contribution in [-0.4, -0.2) is 4.57 Å². The largest absolute Gasteiger partial charge is 0.376 e. The van der Waals surface area contributed by atoms with Crippen LogP contribution in [0, 0.1) is 29.9 Å². The highest BCUT2D eigenvalue weighted by Gasteiger charge is 2.13. The van der Waals surface area contributed by atoms with Gasteiger partial charge in [0.2, 0.25) is 0 Å². The number of nitriles is 1. The molecule has 1 heterocycles. The molecule has 0 bridgehead atoms. The second kappa shape index (κ2) is 5.63. The highest BCUT2D eigenvalue weighted by Crippen LogP contribution is 2.25. The van der Waals surface area contributed by atoms with Crippen molar-refractivity contribution in [1.29, 1.82) is 5.26 Å². The van der Waals surface area contributed by atoms with Crippen molar-refractivity contribution in [2.45, 2.75) is 13.5 Å². The minimum absolute atomic E-state index is 0.171. The van der Waals surface area contributed by atoms with Crippen molar-refractivity contribution in [1.82, 2.24) is 4.57 Å². The van der Waals surface area contributed by atoms with E-state index in [1.165, 1.54) is 12.1 Å². The Balaban J connectivity index is 2.24. The van der Waals surface area contributed by atoms with Crippen LogP contribution in [0.25, 0.3) is 0 Å². The molecule has 0 spiro atoms. The summed E-state index contributed by atoms with van der Waals surface area (Å²) < 4.78 is 29.4. The third-order valence-corrected chi connectivity index (χ3v) is 3.68. The van der Waals surface area contributed by atoms with Crippen LogP contribution in [0.1, 0.15) is 17.0 Å². The van der Waals surface area contributed by atoms with E-state index in [-0.39, 0.29) is 12.2 Å². The predicted molar refractivity (Wildman–Crippen MR) is 76.2 cm³/mol. The number of hydrogen-bond donors (Lipinski definition) is 1. The van der Waals surface area contributed by atoms with E-state index in [0.717, 1.165) is 11.3 Å². The van der Waals surface area contributed by atoms with Gasteiger partial charge in [-0.3, -0.25) is 0 Å². The van der Waals surface area contributed by atoms with Gasteiger partial charge in [-0.2, -0.15) is 5.26 Å². The van der Waals surface area contributed by atoms with E-state index in [4.69, 9.17) is 5.26 Å². The van der Waals surface area contributed by atoms with Crippen molar-refractivity contribution in [2.24, 2.45) is 7.05 Å². The van der Waals surface area contributed by atoms with Gasteiger partial charge in [0.25, 0.3) is 0 Å². The number of anilines is 1. The van der Waals surface area contributed by atoms with E-state index in [1.54, 1.807) is 17.7 Å². The maximum absolute atomic E-state index is 13.7. The Labute approximate surface area is 124 Å². The lowest BCUT2D eigenvalue weighted by molar-refractivity contribution is 0.586. The van der Waals surface area contributed by atoms with Gasteiger partial charge >= 0.3 is 0 Å². The molecular formula is C14H12BrF2N3. The topological polar surface area (TPSA) is 40.8 Å². The van der Waals surface area contributed by atoms with Crippen LogP contribution in [-0.2, 0) is 13.6 Å². The predicted octanol–water partition coefficient (Wildman–Crippen LogP) is 3.86. The average molecular weight is 340 g/mol. The molecule has 104 valence electrons. The molecule has 2 rings (SSSR count). The molecule has 0 amide bonds. The first kappa shape index (κ1) is 14.5. The van der Waals surface area contributed by atoms with Crippen LogP contribution >= 0.6 is 15.9 Å². The summed E-state index contributed by atoms with van der Waals surface area (Å²) in [6.07, 6.45) is 0. The fraction of sp³-hybridized carbons (Fsp3) is 0.214. The van der Waals surface area contributed by atoms with Crippen LogP contribution in [0.2, 0.25) is 0 Å². The van der Waals surface area contributed by atoms with Crippen molar-refractivity contribution in [3.63, 3.8) is 0 Å². The summed E-state index contributed by atoms with van der Waals surface area (Å²) >= 11 is 3.03. The maximum atomic E-state index is 13.7. The highest BCUT2D eigenvalue weighted by atomic mass is 79.9. The van der Waals surface area contributed by atoms with Gasteiger partial charge < -0.3 is 9.88 Å². The lowest BCUT2D eigenvalue weighted by Crippen LogP contribution is -2.05. The second-order valence-electron chi connectivity index (χ2n) is 4.41. The van der Waals surface area contributed by atoms with Crippen LogP contribution in [0.5, 0.6) is 0 Å². The van der Waals surface area contributed by atoms with E-state index >= 15 is 0 Å². The lowest BCUT2D eigenvalue weighted by Gasteiger charge is -2.09. The Bertz CT molecular complexity index is 678. The van der Waals surface area contributed by atoms with Crippen molar-refractivity contribution in [3.05, 3.63) is 51.3 Å². The number of aromatic nitrogens is 1. The van der Waals surface area contributed by atoms with E-state index in [0.29, 0.717) is 10.2 Å². The standard InChI is InChI=1S/C14H12BrF2N3/c1-8-9(3-11(6-18)20(8)2)7-19-14-12(16)4-10(15)5-13(14)17/h3-5,19H,7H2,1-2H3. The molecule has 6 heteroatoms. The third-order valence-electron chi connectivity index (χ3n) is 3.22. The lowest BCUT2D eigenvalue weighted by atomic mass is 10.2. The van der Waals surface area contributed by atoms with Crippen molar-refractivity contribution in [3.8, 4) is 6.07 Å². The number of benzene rings is 1. The first-order valence-corrected chi connectivity index (χ1v) is 6.67. The molecule has 0 fully saturated rings. The minimum atomic E-state index is -0.661. The third kappa shape index (κ3) is 2.68. The molecule has 0 aliphatic carbocycles. The zero-order valence-corrected chi connectivity index (χ0v) is 12.6. The number of nitrogens with one attached hydrogen (secondary N) is 1. The Morgan fingerprint density at radius 2 is 1.90 bits per heavy atom. The molecule has 0 radical (unpaired) electrons. The van der Waals surface area contributed by atoms with E-state index < -0.39 is 11.6 Å². The van der Waals surface area contributed by atoms with Gasteiger partial charge in [-0.1, -0.05) is 15.9 Å². The van der Waals surface area contributed by atoms with Gasteiger partial charge in [-0.05, 0) is 30.7 Å². The van der Waals surface area contributed by atoms with E-state index in [2.05, 4.69) is 27.3 Å². The molecule has 0 saturated heterocycles. The number of halogens is 3. The Morgan fingerprint density at radius 3 is 2.40 bits per heavy atom. The second-order valence-corrected chi connectivity index (χ2v) is 5.32. The number of nitrogens with zero attached hydrogens (tertiary/aromatic N) is 2. The molecule has 0 saturated carbocycles. The molecule has 0 aliphatic rings. The Kier molecular flexibility index (Phi) is 4.09. The van der Waals surface area contributed by atoms with Crippen LogP contribution in [0.15, 0.2) is 22.7 Å². The van der Waals surface area contributed by atoms with Crippen molar-refractivity contribution in [2.75, 3.05) is 5.32 Å². The molecule has 0 unspecified atom stereocenters. The normalized spacial score (nSPS) is 10.4. The molecule has 1 aromatic heterocycles. The van der Waals surface area contributed by atoms with Gasteiger partial charge in [0.15, 0.2) is 0 Å². The van der Waals surface area contributed by atoms with Gasteiger partial charge in [-0.25, -0.2) is 8.78 Å². The quantitative estimate of drug-likeness (QED) is 0.922. The van der Waals surface area contributed by atoms with Crippen molar-refractivity contribution < 1.29 is 8.78 Å². The summed E-state index contributed by atoms with van der Waals surface area (Å²) in [6.45, 7) is 2.10. The first-order chi connectivity index (χ1) is 9.43. The molecule has 1 N–H and O–H groups in total.